The molecule has 0 radical (unpaired) electrons. The molecule has 4 rings (SSSR count). The number of aromatic nitrogens is 4. The maximum absolute atomic E-state index is 13.1. The maximum atomic E-state index is 13.1. The molecule has 0 aliphatic heterocycles. The summed E-state index contributed by atoms with van der Waals surface area (Å²) in [5.41, 5.74) is 2.42. The largest absolute Gasteiger partial charge is 0.383 e. The van der Waals surface area contributed by atoms with E-state index < -0.39 is 0 Å². The van der Waals surface area contributed by atoms with Crippen LogP contribution in [0.15, 0.2) is 54.9 Å². The molecule has 30 heavy (non-hydrogen) atoms. The Morgan fingerprint density at radius 1 is 1.20 bits per heavy atom. The minimum absolute atomic E-state index is 0.116. The topological polar surface area (TPSA) is 73.4 Å². The first kappa shape index (κ1) is 20.4. The molecule has 1 amide bonds. The molecule has 1 aromatic carbocycles. The molecule has 0 saturated heterocycles. The molecule has 0 saturated carbocycles. The number of thioether (sulfide) groups is 1. The average molecular weight is 424 g/mol. The Hall–Kier alpha value is -2.84. The van der Waals surface area contributed by atoms with E-state index in [4.69, 9.17) is 4.74 Å². The Morgan fingerprint density at radius 2 is 2.10 bits per heavy atom. The number of ether oxygens (including phenoxy) is 1. The molecular formula is C22H25N5O2S. The van der Waals surface area contributed by atoms with E-state index in [-0.39, 0.29) is 11.9 Å². The predicted octanol–water partition coefficient (Wildman–Crippen LogP) is 3.55. The van der Waals surface area contributed by atoms with Gasteiger partial charge >= 0.3 is 0 Å². The van der Waals surface area contributed by atoms with Crippen molar-refractivity contribution in [2.45, 2.75) is 19.0 Å². The van der Waals surface area contributed by atoms with Gasteiger partial charge in [-0.15, -0.1) is 10.2 Å². The molecule has 1 atom stereocenters. The average Bonchev–Trinajstić information content (AvgIpc) is 3.38. The number of nitrogens with one attached hydrogen (secondary N) is 1. The fraction of sp³-hybridized carbons (Fsp3) is 0.318. The van der Waals surface area contributed by atoms with Crippen molar-refractivity contribution in [1.29, 1.82) is 0 Å². The van der Waals surface area contributed by atoms with Gasteiger partial charge in [-0.25, -0.2) is 0 Å². The van der Waals surface area contributed by atoms with Crippen molar-refractivity contribution in [2.24, 2.45) is 0 Å². The number of nitrogens with zero attached hydrogens (tertiary/aromatic N) is 4. The van der Waals surface area contributed by atoms with Crippen molar-refractivity contribution in [3.63, 3.8) is 0 Å². The smallest absolute Gasteiger partial charge is 0.251 e. The van der Waals surface area contributed by atoms with Crippen LogP contribution in [0.2, 0.25) is 0 Å². The van der Waals surface area contributed by atoms with Crippen molar-refractivity contribution < 1.29 is 9.53 Å². The quantitative estimate of drug-likeness (QED) is 0.446. The van der Waals surface area contributed by atoms with Crippen LogP contribution in [0.3, 0.4) is 0 Å². The highest BCUT2D eigenvalue weighted by Crippen LogP contribution is 2.21. The van der Waals surface area contributed by atoms with Gasteiger partial charge < -0.3 is 14.6 Å². The van der Waals surface area contributed by atoms with E-state index in [9.17, 15) is 4.79 Å². The van der Waals surface area contributed by atoms with Crippen molar-refractivity contribution >= 4 is 34.2 Å². The van der Waals surface area contributed by atoms with E-state index in [0.717, 1.165) is 41.1 Å². The predicted molar refractivity (Wildman–Crippen MR) is 120 cm³/mol. The number of rotatable bonds is 9. The number of benzene rings is 1. The summed E-state index contributed by atoms with van der Waals surface area (Å²) in [5.74, 6) is 1.54. The molecule has 4 aromatic rings. The normalized spacial score (nSPS) is 12.5. The highest BCUT2D eigenvalue weighted by molar-refractivity contribution is 7.98. The van der Waals surface area contributed by atoms with Crippen LogP contribution in [-0.4, -0.2) is 50.8 Å². The maximum Gasteiger partial charge on any atom is 0.251 e. The van der Waals surface area contributed by atoms with Gasteiger partial charge in [-0.3, -0.25) is 9.20 Å². The first-order chi connectivity index (χ1) is 14.7. The van der Waals surface area contributed by atoms with Crippen LogP contribution in [0, 0.1) is 0 Å². The summed E-state index contributed by atoms with van der Waals surface area (Å²) in [7, 11) is 1.69. The first-order valence-electron chi connectivity index (χ1n) is 9.88. The molecule has 0 bridgehead atoms. The molecule has 0 aliphatic carbocycles. The number of fused-ring (bicyclic) bond motifs is 2. The summed E-state index contributed by atoms with van der Waals surface area (Å²) < 4.78 is 9.23. The molecule has 8 heteroatoms. The molecule has 0 spiro atoms. The lowest BCUT2D eigenvalue weighted by Gasteiger charge is -2.17. The second-order valence-electron chi connectivity index (χ2n) is 7.07. The zero-order valence-electron chi connectivity index (χ0n) is 17.1. The minimum atomic E-state index is -0.224. The molecule has 0 aliphatic rings. The van der Waals surface area contributed by atoms with Crippen LogP contribution in [0.5, 0.6) is 0 Å². The lowest BCUT2D eigenvalue weighted by atomic mass is 10.1. The fourth-order valence-electron chi connectivity index (χ4n) is 3.55. The second kappa shape index (κ2) is 9.32. The highest BCUT2D eigenvalue weighted by atomic mass is 32.2. The number of carbonyl (C=O) groups excluding carboxylic acids is 1. The lowest BCUT2D eigenvalue weighted by molar-refractivity contribution is 0.0934. The minimum Gasteiger partial charge on any atom is -0.383 e. The van der Waals surface area contributed by atoms with Gasteiger partial charge in [-0.2, -0.15) is 11.8 Å². The third-order valence-electron chi connectivity index (χ3n) is 5.14. The van der Waals surface area contributed by atoms with Gasteiger partial charge in [-0.1, -0.05) is 12.1 Å². The van der Waals surface area contributed by atoms with Gasteiger partial charge in [0.1, 0.15) is 0 Å². The van der Waals surface area contributed by atoms with Gasteiger partial charge in [-0.05, 0) is 54.1 Å². The van der Waals surface area contributed by atoms with Gasteiger partial charge in [0.2, 0.25) is 0 Å². The molecule has 3 heterocycles. The fourth-order valence-corrected chi connectivity index (χ4v) is 4.02. The summed E-state index contributed by atoms with van der Waals surface area (Å²) in [6.07, 6.45) is 6.78. The van der Waals surface area contributed by atoms with Crippen molar-refractivity contribution in [2.75, 3.05) is 25.7 Å². The van der Waals surface area contributed by atoms with Crippen LogP contribution >= 0.6 is 11.8 Å². The van der Waals surface area contributed by atoms with Crippen molar-refractivity contribution in [3.05, 3.63) is 66.2 Å². The van der Waals surface area contributed by atoms with E-state index in [1.165, 1.54) is 0 Å². The molecule has 3 aromatic heterocycles. The molecular weight excluding hydrogens is 398 g/mol. The Balaban J connectivity index is 1.60. The van der Waals surface area contributed by atoms with Crippen LogP contribution in [0.25, 0.3) is 16.6 Å². The summed E-state index contributed by atoms with van der Waals surface area (Å²) in [4.78, 5) is 13.1. The zero-order chi connectivity index (χ0) is 20.9. The standard InChI is InChI=1S/C22H25N5O2S/c1-29-13-12-26-11-8-16-6-7-17(15-19(16)26)22(28)23-18(9-14-30-2)21-25-24-20-5-3-4-10-27(20)21/h3-8,10-11,15,18H,9,12-14H2,1-2H3,(H,23,28). The molecule has 0 fully saturated rings. The van der Waals surface area contributed by atoms with Crippen LogP contribution in [0.4, 0.5) is 0 Å². The monoisotopic (exact) mass is 423 g/mol. The van der Waals surface area contributed by atoms with E-state index in [0.29, 0.717) is 12.2 Å². The van der Waals surface area contributed by atoms with Gasteiger partial charge in [0.05, 0.1) is 12.6 Å². The Morgan fingerprint density at radius 3 is 2.93 bits per heavy atom. The lowest BCUT2D eigenvalue weighted by Crippen LogP contribution is -2.30. The number of pyridine rings is 1. The van der Waals surface area contributed by atoms with Gasteiger partial charge in [0.25, 0.3) is 5.91 Å². The summed E-state index contributed by atoms with van der Waals surface area (Å²) in [5, 5.41) is 12.9. The first-order valence-corrected chi connectivity index (χ1v) is 11.3. The Labute approximate surface area is 179 Å². The van der Waals surface area contributed by atoms with Gasteiger partial charge in [0.15, 0.2) is 11.5 Å². The summed E-state index contributed by atoms with van der Waals surface area (Å²) >= 11 is 1.74. The van der Waals surface area contributed by atoms with E-state index in [2.05, 4.69) is 32.4 Å². The van der Waals surface area contributed by atoms with Crippen molar-refractivity contribution in [3.8, 4) is 0 Å². The van der Waals surface area contributed by atoms with Crippen LogP contribution in [-0.2, 0) is 11.3 Å². The van der Waals surface area contributed by atoms with E-state index in [1.54, 1.807) is 18.9 Å². The summed E-state index contributed by atoms with van der Waals surface area (Å²) in [6, 6.07) is 13.4. The van der Waals surface area contributed by atoms with Crippen LogP contribution in [0.1, 0.15) is 28.6 Å². The van der Waals surface area contributed by atoms with Crippen molar-refractivity contribution in [1.82, 2.24) is 24.5 Å². The van der Waals surface area contributed by atoms with E-state index >= 15 is 0 Å². The Kier molecular flexibility index (Phi) is 6.35. The number of hydrogen-bond acceptors (Lipinski definition) is 5. The SMILES string of the molecule is COCCn1ccc2ccc(C(=O)NC(CCSC)c3nnc4ccccn34)cc21. The number of carbonyl (C=O) groups is 1. The Bertz CT molecular complexity index is 1150. The second-order valence-corrected chi connectivity index (χ2v) is 8.06. The van der Waals surface area contributed by atoms with Gasteiger partial charge in [0, 0.05) is 37.1 Å². The molecule has 7 nitrogen and oxygen atoms in total. The zero-order valence-corrected chi connectivity index (χ0v) is 17.9. The highest BCUT2D eigenvalue weighted by Gasteiger charge is 2.21. The summed E-state index contributed by atoms with van der Waals surface area (Å²) in [6.45, 7) is 1.37. The van der Waals surface area contributed by atoms with Crippen LogP contribution < -0.4 is 5.32 Å². The number of hydrogen-bond donors (Lipinski definition) is 1. The molecule has 1 N–H and O–H groups in total. The third kappa shape index (κ3) is 4.20. The number of amides is 1. The molecule has 156 valence electrons. The third-order valence-corrected chi connectivity index (χ3v) is 5.78. The molecule has 1 unspecified atom stereocenters. The van der Waals surface area contributed by atoms with E-state index in [1.807, 2.05) is 53.2 Å². The number of methoxy groups -OCH3 is 1.